The summed E-state index contributed by atoms with van der Waals surface area (Å²) in [4.78, 5) is 3.74. The third-order valence-corrected chi connectivity index (χ3v) is 5.06. The van der Waals surface area contributed by atoms with Gasteiger partial charge in [-0.15, -0.1) is 11.3 Å². The zero-order valence-electron chi connectivity index (χ0n) is 12.2. The summed E-state index contributed by atoms with van der Waals surface area (Å²) in [5, 5.41) is 5.55. The molecule has 108 valence electrons. The van der Waals surface area contributed by atoms with Gasteiger partial charge >= 0.3 is 0 Å². The van der Waals surface area contributed by atoms with Crippen LogP contribution in [0.15, 0.2) is 40.2 Å². The molecule has 0 amide bonds. The van der Waals surface area contributed by atoms with Gasteiger partial charge < -0.3 is 10.2 Å². The van der Waals surface area contributed by atoms with Gasteiger partial charge in [0.2, 0.25) is 0 Å². The summed E-state index contributed by atoms with van der Waals surface area (Å²) in [5.41, 5.74) is 2.61. The fourth-order valence-corrected chi connectivity index (χ4v) is 3.38. The van der Waals surface area contributed by atoms with Crippen LogP contribution in [0.25, 0.3) is 0 Å². The van der Waals surface area contributed by atoms with Crippen molar-refractivity contribution in [3.8, 4) is 0 Å². The molecule has 1 N–H and O–H groups in total. The van der Waals surface area contributed by atoms with Crippen molar-refractivity contribution in [3.63, 3.8) is 0 Å². The number of nitrogens with zero attached hydrogens (tertiary/aromatic N) is 1. The van der Waals surface area contributed by atoms with E-state index in [0.717, 1.165) is 17.6 Å². The van der Waals surface area contributed by atoms with E-state index in [1.165, 1.54) is 16.1 Å². The second kappa shape index (κ2) is 7.25. The van der Waals surface area contributed by atoms with E-state index in [4.69, 9.17) is 0 Å². The van der Waals surface area contributed by atoms with Gasteiger partial charge in [-0.1, -0.05) is 35.0 Å². The lowest BCUT2D eigenvalue weighted by atomic mass is 10.1. The minimum absolute atomic E-state index is 0.379. The van der Waals surface area contributed by atoms with Gasteiger partial charge in [-0.3, -0.25) is 0 Å². The van der Waals surface area contributed by atoms with Gasteiger partial charge in [0.15, 0.2) is 0 Å². The standard InChI is InChI=1S/C16H21BrN2S/c1-4-18-11-13-7-8-14(17)10-15(13)19(3)12(2)16-6-5-9-20-16/h5-10,12,18H,4,11H2,1-3H3. The third kappa shape index (κ3) is 3.62. The Kier molecular flexibility index (Phi) is 5.64. The molecule has 0 aliphatic rings. The molecule has 0 saturated carbocycles. The van der Waals surface area contributed by atoms with Crippen LogP contribution in [0.1, 0.15) is 30.3 Å². The molecule has 1 aromatic carbocycles. The van der Waals surface area contributed by atoms with Gasteiger partial charge in [-0.2, -0.15) is 0 Å². The first-order valence-electron chi connectivity index (χ1n) is 6.88. The van der Waals surface area contributed by atoms with E-state index in [9.17, 15) is 0 Å². The highest BCUT2D eigenvalue weighted by Crippen LogP contribution is 2.32. The molecule has 0 fully saturated rings. The van der Waals surface area contributed by atoms with Crippen LogP contribution in [0.3, 0.4) is 0 Å². The zero-order valence-corrected chi connectivity index (χ0v) is 14.6. The Morgan fingerprint density at radius 2 is 2.15 bits per heavy atom. The van der Waals surface area contributed by atoms with Gasteiger partial charge in [0.25, 0.3) is 0 Å². The highest BCUT2D eigenvalue weighted by molar-refractivity contribution is 9.10. The predicted octanol–water partition coefficient (Wildman–Crippen LogP) is 4.82. The number of nitrogens with one attached hydrogen (secondary N) is 1. The molecule has 1 atom stereocenters. The van der Waals surface area contributed by atoms with Crippen LogP contribution in [-0.4, -0.2) is 13.6 Å². The molecule has 1 unspecified atom stereocenters. The number of benzene rings is 1. The van der Waals surface area contributed by atoms with Gasteiger partial charge in [-0.05, 0) is 42.6 Å². The molecule has 0 bridgehead atoms. The second-order valence-corrected chi connectivity index (χ2v) is 6.75. The molecule has 0 aliphatic heterocycles. The Morgan fingerprint density at radius 1 is 1.35 bits per heavy atom. The highest BCUT2D eigenvalue weighted by atomic mass is 79.9. The molecular weight excluding hydrogens is 332 g/mol. The van der Waals surface area contributed by atoms with Crippen molar-refractivity contribution in [1.82, 2.24) is 5.32 Å². The van der Waals surface area contributed by atoms with E-state index in [2.05, 4.69) is 82.8 Å². The Hall–Kier alpha value is -0.840. The normalized spacial score (nSPS) is 12.4. The Balaban J connectivity index is 2.27. The first-order chi connectivity index (χ1) is 9.63. The molecule has 4 heteroatoms. The van der Waals surface area contributed by atoms with Crippen molar-refractivity contribution in [2.75, 3.05) is 18.5 Å². The Bertz CT molecular complexity index is 539. The van der Waals surface area contributed by atoms with E-state index in [1.807, 2.05) is 11.3 Å². The molecule has 0 saturated heterocycles. The van der Waals surface area contributed by atoms with Gasteiger partial charge in [0.1, 0.15) is 0 Å². The van der Waals surface area contributed by atoms with Crippen LogP contribution in [0.5, 0.6) is 0 Å². The van der Waals surface area contributed by atoms with E-state index in [1.54, 1.807) is 0 Å². The highest BCUT2D eigenvalue weighted by Gasteiger charge is 2.16. The van der Waals surface area contributed by atoms with E-state index in [0.29, 0.717) is 6.04 Å². The van der Waals surface area contributed by atoms with Crippen LogP contribution in [0.2, 0.25) is 0 Å². The maximum Gasteiger partial charge on any atom is 0.0603 e. The first-order valence-corrected chi connectivity index (χ1v) is 8.56. The monoisotopic (exact) mass is 352 g/mol. The van der Waals surface area contributed by atoms with Gasteiger partial charge in [0.05, 0.1) is 6.04 Å². The lowest BCUT2D eigenvalue weighted by molar-refractivity contribution is 0.708. The molecular formula is C16H21BrN2S. The quantitative estimate of drug-likeness (QED) is 0.801. The smallest absolute Gasteiger partial charge is 0.0603 e. The van der Waals surface area contributed by atoms with E-state index < -0.39 is 0 Å². The van der Waals surface area contributed by atoms with Gasteiger partial charge in [-0.25, -0.2) is 0 Å². The van der Waals surface area contributed by atoms with Crippen LogP contribution >= 0.6 is 27.3 Å². The molecule has 2 rings (SSSR count). The number of hydrogen-bond acceptors (Lipinski definition) is 3. The fraction of sp³-hybridized carbons (Fsp3) is 0.375. The number of hydrogen-bond donors (Lipinski definition) is 1. The Labute approximate surface area is 133 Å². The summed E-state index contributed by atoms with van der Waals surface area (Å²) in [7, 11) is 2.17. The second-order valence-electron chi connectivity index (χ2n) is 4.86. The van der Waals surface area contributed by atoms with E-state index >= 15 is 0 Å². The number of halogens is 1. The lowest BCUT2D eigenvalue weighted by Gasteiger charge is -2.29. The Morgan fingerprint density at radius 3 is 2.80 bits per heavy atom. The molecule has 2 aromatic rings. The molecule has 2 nitrogen and oxygen atoms in total. The third-order valence-electron chi connectivity index (χ3n) is 3.53. The summed E-state index contributed by atoms with van der Waals surface area (Å²) in [6.45, 7) is 6.28. The summed E-state index contributed by atoms with van der Waals surface area (Å²) >= 11 is 5.40. The van der Waals surface area contributed by atoms with Crippen molar-refractivity contribution >= 4 is 33.0 Å². The average Bonchev–Trinajstić information content (AvgIpc) is 2.98. The van der Waals surface area contributed by atoms with Crippen LogP contribution in [0.4, 0.5) is 5.69 Å². The van der Waals surface area contributed by atoms with E-state index in [-0.39, 0.29) is 0 Å². The summed E-state index contributed by atoms with van der Waals surface area (Å²) in [6.07, 6.45) is 0. The fourth-order valence-electron chi connectivity index (χ4n) is 2.20. The molecule has 0 spiro atoms. The minimum atomic E-state index is 0.379. The number of rotatable bonds is 6. The summed E-state index contributed by atoms with van der Waals surface area (Å²) < 4.78 is 1.12. The number of anilines is 1. The van der Waals surface area contributed by atoms with Gasteiger partial charge in [0, 0.05) is 28.6 Å². The molecule has 0 radical (unpaired) electrons. The largest absolute Gasteiger partial charge is 0.367 e. The molecule has 20 heavy (non-hydrogen) atoms. The molecule has 1 aromatic heterocycles. The minimum Gasteiger partial charge on any atom is -0.367 e. The van der Waals surface area contributed by atoms with Crippen molar-refractivity contribution in [1.29, 1.82) is 0 Å². The van der Waals surface area contributed by atoms with Crippen LogP contribution in [0, 0.1) is 0 Å². The SMILES string of the molecule is CCNCc1ccc(Br)cc1N(C)C(C)c1cccs1. The number of thiophene rings is 1. The summed E-state index contributed by atoms with van der Waals surface area (Å²) in [6, 6.07) is 11.2. The first kappa shape index (κ1) is 15.5. The molecule has 0 aliphatic carbocycles. The zero-order chi connectivity index (χ0) is 14.5. The predicted molar refractivity (Wildman–Crippen MR) is 92.7 cm³/mol. The van der Waals surface area contributed by atoms with Crippen LogP contribution in [-0.2, 0) is 6.54 Å². The lowest BCUT2D eigenvalue weighted by Crippen LogP contribution is -2.23. The molecule has 1 heterocycles. The average molecular weight is 353 g/mol. The van der Waals surface area contributed by atoms with Crippen LogP contribution < -0.4 is 10.2 Å². The maximum absolute atomic E-state index is 3.59. The van der Waals surface area contributed by atoms with Crippen molar-refractivity contribution in [3.05, 3.63) is 50.6 Å². The van der Waals surface area contributed by atoms with Crippen molar-refractivity contribution < 1.29 is 0 Å². The topological polar surface area (TPSA) is 15.3 Å². The summed E-state index contributed by atoms with van der Waals surface area (Å²) in [5.74, 6) is 0. The maximum atomic E-state index is 3.59. The van der Waals surface area contributed by atoms with Crippen molar-refractivity contribution in [2.45, 2.75) is 26.4 Å². The van der Waals surface area contributed by atoms with Crippen molar-refractivity contribution in [2.24, 2.45) is 0 Å².